The van der Waals surface area contributed by atoms with Crippen LogP contribution in [-0.2, 0) is 0 Å². The number of hydrogen-bond donors (Lipinski definition) is 3. The SMILES string of the molecule is COc1cc(N2CCN(C(C)(C)C)CC2)ccc1Nc1nc(Nc2ccc(F)c(F)c2F)cc2cn[nH]c(=O)c12. The molecular weight excluding hydrogens is 523 g/mol. The number of rotatable bonds is 6. The van der Waals surface area contributed by atoms with E-state index in [4.69, 9.17) is 4.74 Å². The maximum Gasteiger partial charge on any atom is 0.275 e. The van der Waals surface area contributed by atoms with Crippen LogP contribution in [0.5, 0.6) is 5.75 Å². The third-order valence-corrected chi connectivity index (χ3v) is 6.98. The van der Waals surface area contributed by atoms with E-state index in [-0.39, 0.29) is 28.2 Å². The molecule has 40 heavy (non-hydrogen) atoms. The number of nitrogens with zero attached hydrogens (tertiary/aromatic N) is 4. The molecule has 1 saturated heterocycles. The smallest absolute Gasteiger partial charge is 0.275 e. The van der Waals surface area contributed by atoms with Crippen LogP contribution >= 0.6 is 0 Å². The second-order valence-corrected chi connectivity index (χ2v) is 10.5. The Morgan fingerprint density at radius 2 is 1.68 bits per heavy atom. The summed E-state index contributed by atoms with van der Waals surface area (Å²) in [6, 6.07) is 9.05. The highest BCUT2D eigenvalue weighted by atomic mass is 19.2. The number of fused-ring (bicyclic) bond motifs is 1. The normalized spacial score (nSPS) is 14.4. The van der Waals surface area contributed by atoms with E-state index in [0.717, 1.165) is 44.0 Å². The Kier molecular flexibility index (Phi) is 7.28. The van der Waals surface area contributed by atoms with Crippen LogP contribution in [0.2, 0.25) is 0 Å². The Labute approximate surface area is 229 Å². The molecule has 0 atom stereocenters. The summed E-state index contributed by atoms with van der Waals surface area (Å²) in [7, 11) is 1.55. The number of methoxy groups -OCH3 is 1. The first kappa shape index (κ1) is 27.3. The standard InChI is InChI=1S/C28H30F3N7O2/c1-28(2,3)38-11-9-37(10-12-38)17-5-7-19(21(14-17)40-4)34-26-23-16(15-32-36-27(23)39)13-22(35-26)33-20-8-6-18(29)24(30)25(20)31/h5-8,13-15H,9-12H2,1-4H3,(H,36,39)(H2,33,34,35). The largest absolute Gasteiger partial charge is 0.494 e. The molecule has 0 aliphatic carbocycles. The van der Waals surface area contributed by atoms with Crippen molar-refractivity contribution in [2.24, 2.45) is 0 Å². The predicted molar refractivity (Wildman–Crippen MR) is 150 cm³/mol. The van der Waals surface area contributed by atoms with E-state index in [0.29, 0.717) is 16.8 Å². The van der Waals surface area contributed by atoms with E-state index in [1.807, 2.05) is 18.2 Å². The Hall–Kier alpha value is -4.32. The second kappa shape index (κ2) is 10.7. The van der Waals surface area contributed by atoms with Crippen LogP contribution < -0.4 is 25.8 Å². The highest BCUT2D eigenvalue weighted by Crippen LogP contribution is 2.35. The van der Waals surface area contributed by atoms with Gasteiger partial charge in [-0.15, -0.1) is 0 Å². The number of pyridine rings is 1. The lowest BCUT2D eigenvalue weighted by atomic mass is 10.0. The van der Waals surface area contributed by atoms with Crippen LogP contribution in [0.1, 0.15) is 20.8 Å². The maximum atomic E-state index is 14.3. The lowest BCUT2D eigenvalue weighted by molar-refractivity contribution is 0.128. The number of piperazine rings is 1. The highest BCUT2D eigenvalue weighted by molar-refractivity contribution is 5.95. The molecule has 5 rings (SSSR count). The number of benzene rings is 2. The third kappa shape index (κ3) is 5.39. The van der Waals surface area contributed by atoms with Crippen molar-refractivity contribution in [1.29, 1.82) is 0 Å². The molecule has 0 bridgehead atoms. The van der Waals surface area contributed by atoms with Crippen molar-refractivity contribution in [3.8, 4) is 5.75 Å². The number of ether oxygens (including phenoxy) is 1. The zero-order valence-corrected chi connectivity index (χ0v) is 22.6. The zero-order valence-electron chi connectivity index (χ0n) is 22.6. The molecule has 0 radical (unpaired) electrons. The summed E-state index contributed by atoms with van der Waals surface area (Å²) in [6.07, 6.45) is 1.41. The summed E-state index contributed by atoms with van der Waals surface area (Å²) in [5.41, 5.74) is 0.843. The molecule has 0 amide bonds. The highest BCUT2D eigenvalue weighted by Gasteiger charge is 2.26. The molecule has 1 aliphatic heterocycles. The van der Waals surface area contributed by atoms with Crippen LogP contribution in [0, 0.1) is 17.5 Å². The number of halogens is 3. The maximum absolute atomic E-state index is 14.3. The Bertz CT molecular complexity index is 1610. The summed E-state index contributed by atoms with van der Waals surface area (Å²) in [4.78, 5) is 21.9. The van der Waals surface area contributed by atoms with Gasteiger partial charge in [0.05, 0.1) is 30.1 Å². The molecular formula is C28H30F3N7O2. The van der Waals surface area contributed by atoms with Crippen LogP contribution in [0.15, 0.2) is 47.4 Å². The Morgan fingerprint density at radius 1 is 0.950 bits per heavy atom. The summed E-state index contributed by atoms with van der Waals surface area (Å²) < 4.78 is 47.2. The molecule has 1 aliphatic rings. The average Bonchev–Trinajstić information content (AvgIpc) is 2.93. The summed E-state index contributed by atoms with van der Waals surface area (Å²) in [6.45, 7) is 10.3. The van der Waals surface area contributed by atoms with Gasteiger partial charge in [-0.05, 0) is 51.1 Å². The quantitative estimate of drug-likeness (QED) is 0.282. The number of hydrogen-bond acceptors (Lipinski definition) is 8. The third-order valence-electron chi connectivity index (χ3n) is 6.98. The minimum absolute atomic E-state index is 0.0830. The Balaban J connectivity index is 1.46. The van der Waals surface area contributed by atoms with Gasteiger partial charge in [0.25, 0.3) is 5.56 Å². The van der Waals surface area contributed by atoms with E-state index >= 15 is 0 Å². The van der Waals surface area contributed by atoms with Gasteiger partial charge < -0.3 is 20.3 Å². The van der Waals surface area contributed by atoms with Crippen molar-refractivity contribution in [2.45, 2.75) is 26.3 Å². The van der Waals surface area contributed by atoms with Crippen molar-refractivity contribution in [1.82, 2.24) is 20.1 Å². The number of aromatic nitrogens is 3. The van der Waals surface area contributed by atoms with Crippen molar-refractivity contribution >= 4 is 39.5 Å². The molecule has 2 aromatic heterocycles. The fraction of sp³-hybridized carbons (Fsp3) is 0.321. The van der Waals surface area contributed by atoms with E-state index in [1.165, 1.54) is 12.3 Å². The molecule has 0 unspecified atom stereocenters. The van der Waals surface area contributed by atoms with Gasteiger partial charge in [-0.2, -0.15) is 5.10 Å². The molecule has 210 valence electrons. The number of H-pyrrole nitrogens is 1. The van der Waals surface area contributed by atoms with E-state index in [1.54, 1.807) is 7.11 Å². The average molecular weight is 554 g/mol. The molecule has 0 saturated carbocycles. The van der Waals surface area contributed by atoms with E-state index < -0.39 is 23.0 Å². The second-order valence-electron chi connectivity index (χ2n) is 10.5. The van der Waals surface area contributed by atoms with Gasteiger partial charge in [0.15, 0.2) is 17.5 Å². The molecule has 12 heteroatoms. The van der Waals surface area contributed by atoms with Gasteiger partial charge in [0.1, 0.15) is 17.4 Å². The molecule has 0 spiro atoms. The minimum atomic E-state index is -1.60. The lowest BCUT2D eigenvalue weighted by Gasteiger charge is -2.43. The van der Waals surface area contributed by atoms with Gasteiger partial charge in [-0.3, -0.25) is 9.69 Å². The minimum Gasteiger partial charge on any atom is -0.494 e. The summed E-state index contributed by atoms with van der Waals surface area (Å²) in [5.74, 6) is -3.55. The molecule has 3 heterocycles. The van der Waals surface area contributed by atoms with Gasteiger partial charge in [-0.1, -0.05) is 0 Å². The fourth-order valence-corrected chi connectivity index (χ4v) is 4.78. The first-order valence-electron chi connectivity index (χ1n) is 12.8. The first-order chi connectivity index (χ1) is 19.0. The zero-order chi connectivity index (χ0) is 28.6. The molecule has 3 N–H and O–H groups in total. The van der Waals surface area contributed by atoms with Gasteiger partial charge in [0.2, 0.25) is 0 Å². The molecule has 4 aromatic rings. The summed E-state index contributed by atoms with van der Waals surface area (Å²) >= 11 is 0. The van der Waals surface area contributed by atoms with Crippen LogP contribution in [0.4, 0.5) is 41.9 Å². The van der Waals surface area contributed by atoms with Crippen molar-refractivity contribution in [2.75, 3.05) is 48.8 Å². The topological polar surface area (TPSA) is 98.4 Å². The van der Waals surface area contributed by atoms with Crippen molar-refractivity contribution in [3.63, 3.8) is 0 Å². The molecule has 2 aromatic carbocycles. The monoisotopic (exact) mass is 553 g/mol. The number of aromatic amines is 1. The van der Waals surface area contributed by atoms with E-state index in [2.05, 4.69) is 56.4 Å². The summed E-state index contributed by atoms with van der Waals surface area (Å²) in [5, 5.41) is 12.6. The first-order valence-corrected chi connectivity index (χ1v) is 12.8. The van der Waals surface area contributed by atoms with Crippen molar-refractivity contribution in [3.05, 3.63) is 70.4 Å². The van der Waals surface area contributed by atoms with Gasteiger partial charge in [-0.25, -0.2) is 23.3 Å². The molecule has 1 fully saturated rings. The van der Waals surface area contributed by atoms with E-state index in [9.17, 15) is 18.0 Å². The molecule has 9 nitrogen and oxygen atoms in total. The van der Waals surface area contributed by atoms with Crippen LogP contribution in [-0.4, -0.2) is 58.9 Å². The van der Waals surface area contributed by atoms with Gasteiger partial charge >= 0.3 is 0 Å². The lowest BCUT2D eigenvalue weighted by Crippen LogP contribution is -2.53. The van der Waals surface area contributed by atoms with Crippen LogP contribution in [0.25, 0.3) is 10.8 Å². The van der Waals surface area contributed by atoms with Crippen molar-refractivity contribution < 1.29 is 17.9 Å². The number of nitrogens with one attached hydrogen (secondary N) is 3. The van der Waals surface area contributed by atoms with Crippen LogP contribution in [0.3, 0.4) is 0 Å². The fourth-order valence-electron chi connectivity index (χ4n) is 4.78. The predicted octanol–water partition coefficient (Wildman–Crippen LogP) is 5.15. The van der Waals surface area contributed by atoms with Gasteiger partial charge in [0, 0.05) is 48.9 Å². The number of anilines is 5. The Morgan fingerprint density at radius 3 is 2.38 bits per heavy atom.